The van der Waals surface area contributed by atoms with Crippen molar-refractivity contribution in [3.05, 3.63) is 60.4 Å². The van der Waals surface area contributed by atoms with Crippen LogP contribution >= 0.6 is 0 Å². The number of halogens is 1. The van der Waals surface area contributed by atoms with Crippen LogP contribution in [0.1, 0.15) is 12.8 Å². The summed E-state index contributed by atoms with van der Waals surface area (Å²) in [4.78, 5) is 14.0. The van der Waals surface area contributed by atoms with Gasteiger partial charge in [0.2, 0.25) is 0 Å². The molecule has 1 aliphatic heterocycles. The molecule has 0 atom stereocenters. The van der Waals surface area contributed by atoms with E-state index in [-0.39, 0.29) is 24.1 Å². The first kappa shape index (κ1) is 17.3. The molecular weight excluding hydrogens is 321 g/mol. The monoisotopic (exact) mass is 343 g/mol. The molecule has 5 heteroatoms. The summed E-state index contributed by atoms with van der Waals surface area (Å²) in [5, 5.41) is 0. The molecule has 0 spiro atoms. The number of benzene rings is 2. The van der Waals surface area contributed by atoms with Gasteiger partial charge >= 0.3 is 0 Å². The molecule has 0 saturated carbocycles. The zero-order valence-corrected chi connectivity index (χ0v) is 14.1. The maximum absolute atomic E-state index is 13.5. The maximum atomic E-state index is 13.5. The van der Waals surface area contributed by atoms with Crippen molar-refractivity contribution >= 4 is 5.91 Å². The first-order valence-electron chi connectivity index (χ1n) is 8.55. The van der Waals surface area contributed by atoms with Crippen molar-refractivity contribution in [2.45, 2.75) is 12.8 Å². The van der Waals surface area contributed by atoms with Crippen LogP contribution in [-0.4, -0.2) is 37.1 Å². The summed E-state index contributed by atoms with van der Waals surface area (Å²) in [6, 6.07) is 15.7. The van der Waals surface area contributed by atoms with Crippen LogP contribution < -0.4 is 9.47 Å². The summed E-state index contributed by atoms with van der Waals surface area (Å²) < 4.78 is 24.6. The van der Waals surface area contributed by atoms with E-state index in [1.54, 1.807) is 18.2 Å². The van der Waals surface area contributed by atoms with Gasteiger partial charge in [0.1, 0.15) is 5.75 Å². The van der Waals surface area contributed by atoms with Gasteiger partial charge in [-0.2, -0.15) is 0 Å². The first-order chi connectivity index (χ1) is 12.2. The zero-order chi connectivity index (χ0) is 17.5. The van der Waals surface area contributed by atoms with Crippen LogP contribution in [0.15, 0.2) is 54.6 Å². The fourth-order valence-corrected chi connectivity index (χ4v) is 2.87. The van der Waals surface area contributed by atoms with E-state index in [1.165, 1.54) is 6.07 Å². The Morgan fingerprint density at radius 3 is 2.40 bits per heavy atom. The minimum absolute atomic E-state index is 0.00248. The Hall–Kier alpha value is -2.56. The summed E-state index contributed by atoms with van der Waals surface area (Å²) in [6.45, 7) is 1.90. The molecule has 0 aliphatic carbocycles. The fraction of sp³-hybridized carbons (Fsp3) is 0.350. The second kappa shape index (κ2) is 8.51. The summed E-state index contributed by atoms with van der Waals surface area (Å²) in [6.07, 6.45) is 1.71. The average molecular weight is 343 g/mol. The summed E-state index contributed by atoms with van der Waals surface area (Å²) in [5.41, 5.74) is 0. The van der Waals surface area contributed by atoms with Crippen molar-refractivity contribution in [2.75, 3.05) is 26.3 Å². The Kier molecular flexibility index (Phi) is 5.88. The molecule has 1 heterocycles. The number of rotatable bonds is 6. The Morgan fingerprint density at radius 1 is 1.00 bits per heavy atom. The lowest BCUT2D eigenvalue weighted by molar-refractivity contribution is -0.134. The van der Waals surface area contributed by atoms with E-state index >= 15 is 0 Å². The fourth-order valence-electron chi connectivity index (χ4n) is 2.87. The van der Waals surface area contributed by atoms with E-state index < -0.39 is 0 Å². The summed E-state index contributed by atoms with van der Waals surface area (Å²) in [5.74, 6) is 0.977. The van der Waals surface area contributed by atoms with Crippen LogP contribution in [0.25, 0.3) is 0 Å². The highest BCUT2D eigenvalue weighted by molar-refractivity contribution is 5.77. The molecule has 0 unspecified atom stereocenters. The van der Waals surface area contributed by atoms with Crippen molar-refractivity contribution in [1.29, 1.82) is 0 Å². The van der Waals surface area contributed by atoms with Gasteiger partial charge in [-0.3, -0.25) is 4.79 Å². The third-order valence-electron chi connectivity index (χ3n) is 4.38. The van der Waals surface area contributed by atoms with Gasteiger partial charge in [-0.1, -0.05) is 30.3 Å². The van der Waals surface area contributed by atoms with Gasteiger partial charge in [-0.25, -0.2) is 4.39 Å². The van der Waals surface area contributed by atoms with Gasteiger partial charge in [-0.05, 0) is 43.0 Å². The van der Waals surface area contributed by atoms with Gasteiger partial charge in [0.15, 0.2) is 18.2 Å². The van der Waals surface area contributed by atoms with Crippen LogP contribution in [-0.2, 0) is 4.79 Å². The molecule has 3 rings (SSSR count). The van der Waals surface area contributed by atoms with Gasteiger partial charge in [-0.15, -0.1) is 0 Å². The molecule has 0 bridgehead atoms. The number of nitrogens with zero attached hydrogens (tertiary/aromatic N) is 1. The van der Waals surface area contributed by atoms with Crippen molar-refractivity contribution in [3.8, 4) is 11.5 Å². The molecule has 2 aromatic carbocycles. The molecule has 4 nitrogen and oxygen atoms in total. The molecule has 2 aromatic rings. The first-order valence-corrected chi connectivity index (χ1v) is 8.55. The molecule has 1 saturated heterocycles. The number of para-hydroxylation sites is 2. The molecular formula is C20H22FNO3. The summed E-state index contributed by atoms with van der Waals surface area (Å²) >= 11 is 0. The van der Waals surface area contributed by atoms with Crippen LogP contribution in [0.4, 0.5) is 4.39 Å². The second-order valence-corrected chi connectivity index (χ2v) is 6.17. The minimum atomic E-state index is -0.340. The van der Waals surface area contributed by atoms with Gasteiger partial charge < -0.3 is 14.4 Å². The second-order valence-electron chi connectivity index (χ2n) is 6.17. The summed E-state index contributed by atoms with van der Waals surface area (Å²) in [7, 11) is 0. The predicted octanol–water partition coefficient (Wildman–Crippen LogP) is 3.52. The highest BCUT2D eigenvalue weighted by Gasteiger charge is 2.23. The van der Waals surface area contributed by atoms with E-state index in [2.05, 4.69) is 0 Å². The maximum Gasteiger partial charge on any atom is 0.260 e. The number of hydrogen-bond donors (Lipinski definition) is 0. The predicted molar refractivity (Wildman–Crippen MR) is 93.1 cm³/mol. The average Bonchev–Trinajstić information content (AvgIpc) is 2.67. The third kappa shape index (κ3) is 4.95. The van der Waals surface area contributed by atoms with E-state index in [4.69, 9.17) is 9.47 Å². The Morgan fingerprint density at radius 2 is 1.68 bits per heavy atom. The quantitative estimate of drug-likeness (QED) is 0.805. The zero-order valence-electron chi connectivity index (χ0n) is 14.1. The molecule has 25 heavy (non-hydrogen) atoms. The van der Waals surface area contributed by atoms with Crippen LogP contribution in [0.3, 0.4) is 0 Å². The topological polar surface area (TPSA) is 38.8 Å². The highest BCUT2D eigenvalue weighted by atomic mass is 19.1. The molecule has 132 valence electrons. The Bertz CT molecular complexity index is 684. The van der Waals surface area contributed by atoms with E-state index in [0.717, 1.165) is 12.8 Å². The largest absolute Gasteiger partial charge is 0.490 e. The third-order valence-corrected chi connectivity index (χ3v) is 4.38. The number of likely N-dealkylation sites (tertiary alicyclic amines) is 1. The lowest BCUT2D eigenvalue weighted by Crippen LogP contribution is -2.42. The number of carbonyl (C=O) groups excluding carboxylic acids is 1. The normalized spacial score (nSPS) is 15.0. The van der Waals surface area contributed by atoms with Crippen LogP contribution in [0.2, 0.25) is 0 Å². The number of piperidine rings is 1. The lowest BCUT2D eigenvalue weighted by atomic mass is 9.98. The number of amides is 1. The Labute approximate surface area is 147 Å². The number of hydrogen-bond acceptors (Lipinski definition) is 3. The molecule has 0 N–H and O–H groups in total. The van der Waals surface area contributed by atoms with E-state index in [1.807, 2.05) is 35.2 Å². The Balaban J connectivity index is 1.39. The van der Waals surface area contributed by atoms with Crippen LogP contribution in [0, 0.1) is 11.7 Å². The van der Waals surface area contributed by atoms with Gasteiger partial charge in [0.05, 0.1) is 6.61 Å². The molecule has 1 aliphatic rings. The van der Waals surface area contributed by atoms with E-state index in [9.17, 15) is 9.18 Å². The van der Waals surface area contributed by atoms with Crippen molar-refractivity contribution < 1.29 is 18.7 Å². The van der Waals surface area contributed by atoms with Crippen LogP contribution in [0.5, 0.6) is 11.5 Å². The minimum Gasteiger partial charge on any atom is -0.490 e. The van der Waals surface area contributed by atoms with Crippen molar-refractivity contribution in [1.82, 2.24) is 4.90 Å². The van der Waals surface area contributed by atoms with Gasteiger partial charge in [0, 0.05) is 13.1 Å². The van der Waals surface area contributed by atoms with Gasteiger partial charge in [0.25, 0.3) is 5.91 Å². The molecule has 0 aromatic heterocycles. The SMILES string of the molecule is O=C(COc1ccccc1)N1CCC(COc2ccccc2F)CC1. The molecule has 1 fully saturated rings. The van der Waals surface area contributed by atoms with E-state index in [0.29, 0.717) is 31.4 Å². The molecule has 1 amide bonds. The number of ether oxygens (including phenoxy) is 2. The lowest BCUT2D eigenvalue weighted by Gasteiger charge is -2.31. The van der Waals surface area contributed by atoms with Crippen molar-refractivity contribution in [3.63, 3.8) is 0 Å². The highest BCUT2D eigenvalue weighted by Crippen LogP contribution is 2.21. The standard InChI is InChI=1S/C20H22FNO3/c21-18-8-4-5-9-19(18)25-14-16-10-12-22(13-11-16)20(23)15-24-17-6-2-1-3-7-17/h1-9,16H,10-15H2. The van der Waals surface area contributed by atoms with Crippen molar-refractivity contribution in [2.24, 2.45) is 5.92 Å². The number of carbonyl (C=O) groups is 1. The smallest absolute Gasteiger partial charge is 0.260 e. The molecule has 0 radical (unpaired) electrons.